The van der Waals surface area contributed by atoms with Crippen molar-refractivity contribution in [1.82, 2.24) is 9.78 Å². The van der Waals surface area contributed by atoms with Gasteiger partial charge in [0.05, 0.1) is 5.69 Å². The lowest BCUT2D eigenvalue weighted by Crippen LogP contribution is -2.06. The van der Waals surface area contributed by atoms with Gasteiger partial charge in [-0.15, -0.1) is 0 Å². The Morgan fingerprint density at radius 3 is 2.74 bits per heavy atom. The average molecular weight is 311 g/mol. The molecule has 0 spiro atoms. The number of aromatic nitrogens is 2. The average Bonchev–Trinajstić information content (AvgIpc) is 3.11. The number of anilines is 1. The zero-order valence-electron chi connectivity index (χ0n) is 12.6. The number of fused-ring (bicyclic) bond motifs is 1. The number of hydrogen-bond donors (Lipinski definition) is 1. The summed E-state index contributed by atoms with van der Waals surface area (Å²) in [6, 6.07) is 11.5. The predicted molar refractivity (Wildman–Crippen MR) is 85.8 cm³/mol. The van der Waals surface area contributed by atoms with Crippen LogP contribution in [-0.2, 0) is 6.42 Å². The second kappa shape index (κ2) is 5.19. The number of benzene rings is 2. The van der Waals surface area contributed by atoms with E-state index in [0.717, 1.165) is 47.2 Å². The molecule has 0 radical (unpaired) electrons. The van der Waals surface area contributed by atoms with Crippen LogP contribution in [0.5, 0.6) is 0 Å². The molecule has 0 amide bonds. The number of rotatable bonds is 2. The Morgan fingerprint density at radius 1 is 1.13 bits per heavy atom. The van der Waals surface area contributed by atoms with Crippen molar-refractivity contribution in [2.75, 3.05) is 11.9 Å². The highest BCUT2D eigenvalue weighted by atomic mass is 19.1. The highest BCUT2D eigenvalue weighted by molar-refractivity contribution is 5.74. The molecule has 0 saturated heterocycles. The summed E-state index contributed by atoms with van der Waals surface area (Å²) in [5, 5.41) is 7.87. The lowest BCUT2D eigenvalue weighted by molar-refractivity contribution is 0.574. The molecule has 0 fully saturated rings. The molecule has 2 aromatic carbocycles. The van der Waals surface area contributed by atoms with E-state index in [1.54, 1.807) is 4.68 Å². The van der Waals surface area contributed by atoms with Crippen molar-refractivity contribution < 1.29 is 8.78 Å². The Bertz CT molecular complexity index is 899. The lowest BCUT2D eigenvalue weighted by Gasteiger charge is -2.07. The van der Waals surface area contributed by atoms with Crippen LogP contribution in [0.25, 0.3) is 16.9 Å². The normalized spacial score (nSPS) is 13.0. The van der Waals surface area contributed by atoms with Crippen molar-refractivity contribution in [3.8, 4) is 16.9 Å². The van der Waals surface area contributed by atoms with Crippen molar-refractivity contribution in [1.29, 1.82) is 0 Å². The van der Waals surface area contributed by atoms with Crippen LogP contribution >= 0.6 is 0 Å². The van der Waals surface area contributed by atoms with Gasteiger partial charge in [-0.1, -0.05) is 24.3 Å². The quantitative estimate of drug-likeness (QED) is 0.772. The Balaban J connectivity index is 1.94. The Morgan fingerprint density at radius 2 is 1.96 bits per heavy atom. The summed E-state index contributed by atoms with van der Waals surface area (Å²) in [6.45, 7) is 2.82. The van der Waals surface area contributed by atoms with Gasteiger partial charge in [0.2, 0.25) is 0 Å². The summed E-state index contributed by atoms with van der Waals surface area (Å²) >= 11 is 0. The van der Waals surface area contributed by atoms with Gasteiger partial charge in [-0.05, 0) is 31.0 Å². The third-order valence-corrected chi connectivity index (χ3v) is 4.19. The largest absolute Gasteiger partial charge is 0.369 e. The van der Waals surface area contributed by atoms with Crippen molar-refractivity contribution in [2.24, 2.45) is 0 Å². The Hall–Kier alpha value is -2.69. The zero-order valence-corrected chi connectivity index (χ0v) is 12.6. The van der Waals surface area contributed by atoms with Gasteiger partial charge in [-0.25, -0.2) is 13.5 Å². The predicted octanol–water partition coefficient (Wildman–Crippen LogP) is 4.09. The van der Waals surface area contributed by atoms with Crippen molar-refractivity contribution in [3.05, 3.63) is 65.2 Å². The molecule has 3 aromatic rings. The second-order valence-electron chi connectivity index (χ2n) is 5.68. The minimum Gasteiger partial charge on any atom is -0.369 e. The first-order chi connectivity index (χ1) is 11.1. The maximum atomic E-state index is 14.2. The van der Waals surface area contributed by atoms with E-state index >= 15 is 0 Å². The van der Waals surface area contributed by atoms with Crippen LogP contribution in [0.15, 0.2) is 42.5 Å². The first-order valence-corrected chi connectivity index (χ1v) is 7.52. The monoisotopic (exact) mass is 311 g/mol. The van der Waals surface area contributed by atoms with Crippen LogP contribution in [0.3, 0.4) is 0 Å². The summed E-state index contributed by atoms with van der Waals surface area (Å²) in [7, 11) is 0. The molecular weight excluding hydrogens is 296 g/mol. The fraction of sp³-hybridized carbons (Fsp3) is 0.167. The van der Waals surface area contributed by atoms with Gasteiger partial charge in [-0.3, -0.25) is 0 Å². The number of nitrogens with one attached hydrogen (secondary N) is 1. The third kappa shape index (κ3) is 2.20. The zero-order chi connectivity index (χ0) is 16.0. The molecule has 5 heteroatoms. The molecule has 0 saturated carbocycles. The van der Waals surface area contributed by atoms with Gasteiger partial charge in [-0.2, -0.15) is 5.10 Å². The molecule has 116 valence electrons. The standard InChI is InChI=1S/C18H15F2N3/c1-11-4-2-3-5-13(11)17-14-8-9-21-18(14)23(22-17)16-7-6-12(19)10-15(16)20/h2-7,10,21H,8-9H2,1H3. The van der Waals surface area contributed by atoms with Crippen LogP contribution in [0, 0.1) is 18.6 Å². The smallest absolute Gasteiger partial charge is 0.151 e. The van der Waals surface area contributed by atoms with E-state index in [4.69, 9.17) is 0 Å². The van der Waals surface area contributed by atoms with E-state index in [2.05, 4.69) is 10.4 Å². The number of nitrogens with zero attached hydrogens (tertiary/aromatic N) is 2. The van der Waals surface area contributed by atoms with Crippen LogP contribution in [0.2, 0.25) is 0 Å². The fourth-order valence-electron chi connectivity index (χ4n) is 3.06. The maximum Gasteiger partial charge on any atom is 0.151 e. The SMILES string of the molecule is Cc1ccccc1-c1nn(-c2ccc(F)cc2F)c2c1CCN2. The Kier molecular flexibility index (Phi) is 3.15. The van der Waals surface area contributed by atoms with Crippen LogP contribution in [0.1, 0.15) is 11.1 Å². The Labute approximate surface area is 132 Å². The minimum atomic E-state index is -0.625. The fourth-order valence-corrected chi connectivity index (χ4v) is 3.06. The van der Waals surface area contributed by atoms with Crippen LogP contribution in [-0.4, -0.2) is 16.3 Å². The summed E-state index contributed by atoms with van der Waals surface area (Å²) in [5.74, 6) is -0.434. The van der Waals surface area contributed by atoms with Gasteiger partial charge >= 0.3 is 0 Å². The molecule has 3 nitrogen and oxygen atoms in total. The molecule has 4 rings (SSSR count). The van der Waals surface area contributed by atoms with Gasteiger partial charge in [0.1, 0.15) is 17.3 Å². The molecule has 23 heavy (non-hydrogen) atoms. The van der Waals surface area contributed by atoms with E-state index in [1.807, 2.05) is 31.2 Å². The molecular formula is C18H15F2N3. The summed E-state index contributed by atoms with van der Waals surface area (Å²) < 4.78 is 28.9. The van der Waals surface area contributed by atoms with E-state index in [-0.39, 0.29) is 5.69 Å². The second-order valence-corrected chi connectivity index (χ2v) is 5.68. The molecule has 0 unspecified atom stereocenters. The molecule has 0 atom stereocenters. The van der Waals surface area contributed by atoms with Gasteiger partial charge in [0.15, 0.2) is 5.82 Å². The first kappa shape index (κ1) is 13.9. The third-order valence-electron chi connectivity index (χ3n) is 4.19. The molecule has 1 aliphatic heterocycles. The van der Waals surface area contributed by atoms with E-state index < -0.39 is 11.6 Å². The molecule has 1 aromatic heterocycles. The highest BCUT2D eigenvalue weighted by Crippen LogP contribution is 2.36. The summed E-state index contributed by atoms with van der Waals surface area (Å²) in [4.78, 5) is 0. The maximum absolute atomic E-state index is 14.2. The van der Waals surface area contributed by atoms with Gasteiger partial charge in [0, 0.05) is 23.7 Å². The van der Waals surface area contributed by atoms with Crippen LogP contribution in [0.4, 0.5) is 14.6 Å². The molecule has 1 aliphatic rings. The lowest BCUT2D eigenvalue weighted by atomic mass is 10.0. The first-order valence-electron chi connectivity index (χ1n) is 7.52. The van der Waals surface area contributed by atoms with Gasteiger partial charge < -0.3 is 5.32 Å². The molecule has 0 bridgehead atoms. The topological polar surface area (TPSA) is 29.9 Å². The summed E-state index contributed by atoms with van der Waals surface area (Å²) in [6.07, 6.45) is 0.835. The number of halogens is 2. The van der Waals surface area contributed by atoms with Crippen molar-refractivity contribution in [3.63, 3.8) is 0 Å². The van der Waals surface area contributed by atoms with Gasteiger partial charge in [0.25, 0.3) is 0 Å². The van der Waals surface area contributed by atoms with E-state index in [9.17, 15) is 8.78 Å². The summed E-state index contributed by atoms with van der Waals surface area (Å²) in [5.41, 5.74) is 4.33. The molecule has 0 aliphatic carbocycles. The molecule has 2 heterocycles. The van der Waals surface area contributed by atoms with E-state index in [0.29, 0.717) is 0 Å². The van der Waals surface area contributed by atoms with Crippen molar-refractivity contribution >= 4 is 5.82 Å². The number of hydrogen-bond acceptors (Lipinski definition) is 2. The van der Waals surface area contributed by atoms with Crippen molar-refractivity contribution in [2.45, 2.75) is 13.3 Å². The van der Waals surface area contributed by atoms with Crippen LogP contribution < -0.4 is 5.32 Å². The van der Waals surface area contributed by atoms with E-state index in [1.165, 1.54) is 12.1 Å². The number of aryl methyl sites for hydroxylation is 1. The highest BCUT2D eigenvalue weighted by Gasteiger charge is 2.25. The minimum absolute atomic E-state index is 0.247. The molecule has 1 N–H and O–H groups in total.